The van der Waals surface area contributed by atoms with Crippen LogP contribution < -0.4 is 5.32 Å². The molecule has 5 nitrogen and oxygen atoms in total. The van der Waals surface area contributed by atoms with Gasteiger partial charge in [0.1, 0.15) is 5.52 Å². The van der Waals surface area contributed by atoms with Crippen molar-refractivity contribution in [2.24, 2.45) is 5.92 Å². The van der Waals surface area contributed by atoms with Crippen molar-refractivity contribution < 1.29 is 4.74 Å². The molecule has 2 atom stereocenters. The molecule has 2 fully saturated rings. The fourth-order valence-electron chi connectivity index (χ4n) is 2.80. The molecule has 3 heterocycles. The van der Waals surface area contributed by atoms with Crippen LogP contribution >= 0.6 is 0 Å². The summed E-state index contributed by atoms with van der Waals surface area (Å²) in [6, 6.07) is 2.38. The number of hydrogen-bond donors (Lipinski definition) is 1. The topological polar surface area (TPSA) is 51.5 Å². The van der Waals surface area contributed by atoms with E-state index in [-0.39, 0.29) is 0 Å². The zero-order chi connectivity index (χ0) is 11.9. The van der Waals surface area contributed by atoms with Crippen LogP contribution in [-0.2, 0) is 4.74 Å². The molecule has 1 saturated carbocycles. The van der Waals surface area contributed by atoms with E-state index in [0.717, 1.165) is 30.3 Å². The van der Waals surface area contributed by atoms with Gasteiger partial charge in [0.25, 0.3) is 0 Å². The van der Waals surface area contributed by atoms with Crippen LogP contribution in [0.15, 0.2) is 24.7 Å². The lowest BCUT2D eigenvalue weighted by Crippen LogP contribution is -2.31. The Bertz CT molecular complexity index is 563. The van der Waals surface area contributed by atoms with Crippen molar-refractivity contribution in [3.05, 3.63) is 24.7 Å². The Hall–Kier alpha value is -1.62. The molecule has 0 amide bonds. The fraction of sp³-hybridized carbons (Fsp3) is 0.538. The molecule has 2 unspecified atom stereocenters. The molecule has 2 aliphatic rings. The first-order valence-corrected chi connectivity index (χ1v) is 6.58. The predicted octanol–water partition coefficient (Wildman–Crippen LogP) is 1.71. The number of aromatic nitrogens is 3. The molecule has 1 saturated heterocycles. The first kappa shape index (κ1) is 10.3. The van der Waals surface area contributed by atoms with Crippen LogP contribution in [0.5, 0.6) is 0 Å². The van der Waals surface area contributed by atoms with Gasteiger partial charge < -0.3 is 10.1 Å². The van der Waals surface area contributed by atoms with Gasteiger partial charge in [0.05, 0.1) is 18.3 Å². The summed E-state index contributed by atoms with van der Waals surface area (Å²) in [5.74, 6) is 1.67. The lowest BCUT2D eigenvalue weighted by Gasteiger charge is -2.20. The van der Waals surface area contributed by atoms with E-state index in [4.69, 9.17) is 4.74 Å². The lowest BCUT2D eigenvalue weighted by molar-refractivity contribution is 0.0898. The van der Waals surface area contributed by atoms with Crippen LogP contribution in [0.25, 0.3) is 5.52 Å². The highest BCUT2D eigenvalue weighted by atomic mass is 16.5. The maximum Gasteiger partial charge on any atom is 0.152 e. The fourth-order valence-corrected chi connectivity index (χ4v) is 2.80. The van der Waals surface area contributed by atoms with Gasteiger partial charge in [-0.1, -0.05) is 0 Å². The Morgan fingerprint density at radius 1 is 1.28 bits per heavy atom. The van der Waals surface area contributed by atoms with Crippen LogP contribution in [0.1, 0.15) is 19.3 Å². The first-order valence-electron chi connectivity index (χ1n) is 6.58. The van der Waals surface area contributed by atoms with E-state index < -0.39 is 0 Å². The summed E-state index contributed by atoms with van der Waals surface area (Å²) in [6.45, 7) is 0.862. The van der Waals surface area contributed by atoms with E-state index in [2.05, 4.69) is 15.4 Å². The average Bonchev–Trinajstić information content (AvgIpc) is 2.93. The summed E-state index contributed by atoms with van der Waals surface area (Å²) < 4.78 is 7.69. The average molecular weight is 244 g/mol. The number of rotatable bonds is 3. The van der Waals surface area contributed by atoms with E-state index in [9.17, 15) is 0 Å². The number of ether oxygens (including phenoxy) is 1. The summed E-state index contributed by atoms with van der Waals surface area (Å²) in [5.41, 5.74) is 1.03. The standard InChI is InChI=1S/C13H16N4O/c1-2-9(1)12-10(4-8-18-12)16-13-11-3-5-15-17(11)7-6-14-13/h3,5-7,9-10,12H,1-2,4,8H2,(H,14,16). The normalized spacial score (nSPS) is 27.8. The van der Waals surface area contributed by atoms with Gasteiger partial charge in [-0.3, -0.25) is 0 Å². The molecule has 5 heteroatoms. The largest absolute Gasteiger partial charge is 0.376 e. The molecular formula is C13H16N4O. The summed E-state index contributed by atoms with van der Waals surface area (Å²) in [4.78, 5) is 4.43. The molecule has 0 spiro atoms. The highest BCUT2D eigenvalue weighted by Gasteiger charge is 2.40. The van der Waals surface area contributed by atoms with Gasteiger partial charge >= 0.3 is 0 Å². The summed E-state index contributed by atoms with van der Waals surface area (Å²) in [7, 11) is 0. The third kappa shape index (κ3) is 1.66. The number of anilines is 1. The molecule has 18 heavy (non-hydrogen) atoms. The van der Waals surface area contributed by atoms with Crippen molar-refractivity contribution in [2.45, 2.75) is 31.4 Å². The zero-order valence-corrected chi connectivity index (χ0v) is 10.1. The number of nitrogens with zero attached hydrogens (tertiary/aromatic N) is 3. The van der Waals surface area contributed by atoms with Gasteiger partial charge in [-0.2, -0.15) is 5.10 Å². The van der Waals surface area contributed by atoms with Gasteiger partial charge in [0.2, 0.25) is 0 Å². The van der Waals surface area contributed by atoms with E-state index in [1.807, 2.05) is 16.8 Å². The molecule has 2 aromatic rings. The molecule has 0 radical (unpaired) electrons. The van der Waals surface area contributed by atoms with E-state index in [1.165, 1.54) is 12.8 Å². The molecule has 1 N–H and O–H groups in total. The number of nitrogens with one attached hydrogen (secondary N) is 1. The Morgan fingerprint density at radius 3 is 3.11 bits per heavy atom. The monoisotopic (exact) mass is 244 g/mol. The minimum absolute atomic E-state index is 0.370. The number of fused-ring (bicyclic) bond motifs is 1. The van der Waals surface area contributed by atoms with Crippen LogP contribution in [0.4, 0.5) is 5.82 Å². The molecule has 4 rings (SSSR count). The van der Waals surface area contributed by atoms with Gasteiger partial charge in [0, 0.05) is 19.0 Å². The van der Waals surface area contributed by atoms with Crippen molar-refractivity contribution in [1.29, 1.82) is 0 Å². The third-order valence-electron chi connectivity index (χ3n) is 3.87. The molecule has 94 valence electrons. The maximum absolute atomic E-state index is 5.84. The van der Waals surface area contributed by atoms with Crippen molar-refractivity contribution in [1.82, 2.24) is 14.6 Å². The Kier molecular flexibility index (Phi) is 2.26. The predicted molar refractivity (Wildman–Crippen MR) is 67.5 cm³/mol. The summed E-state index contributed by atoms with van der Waals surface area (Å²) >= 11 is 0. The second-order valence-electron chi connectivity index (χ2n) is 5.15. The second kappa shape index (κ2) is 3.95. The van der Waals surface area contributed by atoms with Crippen molar-refractivity contribution in [3.8, 4) is 0 Å². The van der Waals surface area contributed by atoms with Crippen LogP contribution in [-0.4, -0.2) is 33.4 Å². The van der Waals surface area contributed by atoms with Gasteiger partial charge in [-0.15, -0.1) is 0 Å². The molecule has 2 aromatic heterocycles. The smallest absolute Gasteiger partial charge is 0.152 e. The van der Waals surface area contributed by atoms with Gasteiger partial charge in [-0.05, 0) is 31.2 Å². The number of hydrogen-bond acceptors (Lipinski definition) is 4. The van der Waals surface area contributed by atoms with Crippen molar-refractivity contribution in [2.75, 3.05) is 11.9 Å². The highest BCUT2D eigenvalue weighted by Crippen LogP contribution is 2.39. The summed E-state index contributed by atoms with van der Waals surface area (Å²) in [6.07, 6.45) is 9.51. The van der Waals surface area contributed by atoms with Gasteiger partial charge in [-0.25, -0.2) is 9.50 Å². The quantitative estimate of drug-likeness (QED) is 0.893. The Morgan fingerprint density at radius 2 is 2.22 bits per heavy atom. The van der Waals surface area contributed by atoms with E-state index in [0.29, 0.717) is 12.1 Å². The maximum atomic E-state index is 5.84. The SMILES string of the molecule is c1cn2nccc2c(NC2CCOC2C2CC2)n1. The van der Waals surface area contributed by atoms with Crippen molar-refractivity contribution >= 4 is 11.3 Å². The molecule has 1 aliphatic carbocycles. The highest BCUT2D eigenvalue weighted by molar-refractivity contribution is 5.67. The molecule has 0 bridgehead atoms. The van der Waals surface area contributed by atoms with E-state index in [1.54, 1.807) is 12.4 Å². The third-order valence-corrected chi connectivity index (χ3v) is 3.87. The molecular weight excluding hydrogens is 228 g/mol. The van der Waals surface area contributed by atoms with Gasteiger partial charge in [0.15, 0.2) is 5.82 Å². The second-order valence-corrected chi connectivity index (χ2v) is 5.15. The molecule has 0 aromatic carbocycles. The Labute approximate surface area is 105 Å². The first-order chi connectivity index (χ1) is 8.92. The van der Waals surface area contributed by atoms with Crippen molar-refractivity contribution in [3.63, 3.8) is 0 Å². The van der Waals surface area contributed by atoms with Crippen LogP contribution in [0.3, 0.4) is 0 Å². The van der Waals surface area contributed by atoms with E-state index >= 15 is 0 Å². The molecule has 1 aliphatic heterocycles. The van der Waals surface area contributed by atoms with Crippen LogP contribution in [0.2, 0.25) is 0 Å². The van der Waals surface area contributed by atoms with Crippen LogP contribution in [0, 0.1) is 5.92 Å². The minimum atomic E-state index is 0.370. The Balaban J connectivity index is 1.61. The lowest BCUT2D eigenvalue weighted by atomic mass is 10.1. The summed E-state index contributed by atoms with van der Waals surface area (Å²) in [5, 5.41) is 7.77. The zero-order valence-electron chi connectivity index (χ0n) is 10.1. The minimum Gasteiger partial charge on any atom is -0.376 e.